The summed E-state index contributed by atoms with van der Waals surface area (Å²) in [5, 5.41) is 3.25. The van der Waals surface area contributed by atoms with Crippen LogP contribution in [0.25, 0.3) is 0 Å². The fraction of sp³-hybridized carbons (Fsp3) is 0.688. The first kappa shape index (κ1) is 12.9. The minimum atomic E-state index is 0.909. The predicted molar refractivity (Wildman–Crippen MR) is 79.7 cm³/mol. The molecule has 2 heterocycles. The van der Waals surface area contributed by atoms with Gasteiger partial charge in [0.2, 0.25) is 0 Å². The van der Waals surface area contributed by atoms with Crippen LogP contribution in [-0.2, 0) is 12.8 Å². The Morgan fingerprint density at radius 3 is 3.00 bits per heavy atom. The zero-order valence-corrected chi connectivity index (χ0v) is 12.0. The molecule has 104 valence electrons. The second kappa shape index (κ2) is 5.91. The molecule has 0 amide bonds. The normalized spacial score (nSPS) is 19.1. The molecule has 1 aromatic rings. The van der Waals surface area contributed by atoms with Gasteiger partial charge in [-0.05, 0) is 43.9 Å². The number of aromatic nitrogens is 1. The minimum Gasteiger partial charge on any atom is -0.370 e. The molecule has 1 aromatic heterocycles. The van der Waals surface area contributed by atoms with Gasteiger partial charge in [0, 0.05) is 37.2 Å². The summed E-state index contributed by atoms with van der Waals surface area (Å²) in [6, 6.07) is 2.22. The monoisotopic (exact) mass is 259 g/mol. The Morgan fingerprint density at radius 1 is 1.37 bits per heavy atom. The van der Waals surface area contributed by atoms with Crippen molar-refractivity contribution >= 4 is 5.69 Å². The van der Waals surface area contributed by atoms with E-state index in [9.17, 15) is 0 Å². The van der Waals surface area contributed by atoms with Gasteiger partial charge in [0.1, 0.15) is 0 Å². The van der Waals surface area contributed by atoms with E-state index in [2.05, 4.69) is 21.3 Å². The lowest BCUT2D eigenvalue weighted by Gasteiger charge is -2.33. The number of pyridine rings is 1. The molecule has 0 spiro atoms. The van der Waals surface area contributed by atoms with Crippen molar-refractivity contribution in [2.75, 3.05) is 31.6 Å². The molecule has 2 aliphatic rings. The molecule has 1 N–H and O–H groups in total. The van der Waals surface area contributed by atoms with Gasteiger partial charge in [0.05, 0.1) is 0 Å². The summed E-state index contributed by atoms with van der Waals surface area (Å²) in [7, 11) is 2.03. The van der Waals surface area contributed by atoms with E-state index in [-0.39, 0.29) is 0 Å². The molecule has 1 aliphatic carbocycles. The van der Waals surface area contributed by atoms with E-state index in [1.54, 1.807) is 0 Å². The lowest BCUT2D eigenvalue weighted by Crippen LogP contribution is -2.35. The van der Waals surface area contributed by atoms with Crippen molar-refractivity contribution in [3.05, 3.63) is 23.5 Å². The first-order valence-electron chi connectivity index (χ1n) is 7.75. The van der Waals surface area contributed by atoms with E-state index in [0.29, 0.717) is 0 Å². The van der Waals surface area contributed by atoms with E-state index in [0.717, 1.165) is 19.0 Å². The number of rotatable bonds is 5. The number of anilines is 1. The quantitative estimate of drug-likeness (QED) is 0.880. The van der Waals surface area contributed by atoms with E-state index in [4.69, 9.17) is 0 Å². The van der Waals surface area contributed by atoms with Crippen LogP contribution in [0.5, 0.6) is 0 Å². The largest absolute Gasteiger partial charge is 0.370 e. The number of hydrogen-bond donors (Lipinski definition) is 1. The summed E-state index contributed by atoms with van der Waals surface area (Å²) in [5.41, 5.74) is 4.37. The molecular formula is C16H25N3. The molecule has 3 heteroatoms. The lowest BCUT2D eigenvalue weighted by atomic mass is 9.81. The molecule has 1 aliphatic heterocycles. The molecule has 19 heavy (non-hydrogen) atoms. The van der Waals surface area contributed by atoms with Crippen LogP contribution in [0.4, 0.5) is 5.69 Å². The Hall–Kier alpha value is -1.09. The molecule has 0 saturated heterocycles. The highest BCUT2D eigenvalue weighted by Crippen LogP contribution is 2.34. The second-order valence-electron chi connectivity index (χ2n) is 5.95. The van der Waals surface area contributed by atoms with Crippen LogP contribution in [0.2, 0.25) is 0 Å². The second-order valence-corrected chi connectivity index (χ2v) is 5.95. The third-order valence-electron chi connectivity index (χ3n) is 4.65. The van der Waals surface area contributed by atoms with Crippen LogP contribution >= 0.6 is 0 Å². The van der Waals surface area contributed by atoms with Gasteiger partial charge in [-0.1, -0.05) is 19.3 Å². The van der Waals surface area contributed by atoms with Gasteiger partial charge in [-0.2, -0.15) is 0 Å². The standard InChI is InChI=1S/C16H25N3/c1-17-9-11-19-10-3-6-14-15(12-13-4-2-5-13)18-8-7-16(14)19/h7-8,13,17H,2-6,9-12H2,1H3. The van der Waals surface area contributed by atoms with Crippen molar-refractivity contribution in [2.24, 2.45) is 5.92 Å². The first-order chi connectivity index (χ1) is 9.38. The number of nitrogens with one attached hydrogen (secondary N) is 1. The molecule has 0 unspecified atom stereocenters. The van der Waals surface area contributed by atoms with Crippen molar-refractivity contribution in [1.29, 1.82) is 0 Å². The number of likely N-dealkylation sites (N-methyl/N-ethyl adjacent to an activating group) is 1. The highest BCUT2D eigenvalue weighted by Gasteiger charge is 2.24. The fourth-order valence-electron chi connectivity index (χ4n) is 3.29. The van der Waals surface area contributed by atoms with E-state index in [1.807, 2.05) is 13.2 Å². The van der Waals surface area contributed by atoms with Gasteiger partial charge in [-0.3, -0.25) is 4.98 Å². The average Bonchev–Trinajstić information content (AvgIpc) is 2.40. The molecule has 3 nitrogen and oxygen atoms in total. The zero-order chi connectivity index (χ0) is 13.1. The van der Waals surface area contributed by atoms with Crippen molar-refractivity contribution in [1.82, 2.24) is 10.3 Å². The van der Waals surface area contributed by atoms with Gasteiger partial charge in [-0.15, -0.1) is 0 Å². The summed E-state index contributed by atoms with van der Waals surface area (Å²) in [6.45, 7) is 3.36. The van der Waals surface area contributed by atoms with Crippen LogP contribution in [-0.4, -0.2) is 31.7 Å². The van der Waals surface area contributed by atoms with Crippen LogP contribution in [0.15, 0.2) is 12.3 Å². The van der Waals surface area contributed by atoms with Crippen molar-refractivity contribution in [3.63, 3.8) is 0 Å². The Balaban J connectivity index is 1.79. The van der Waals surface area contributed by atoms with Crippen molar-refractivity contribution < 1.29 is 0 Å². The smallest absolute Gasteiger partial charge is 0.0458 e. The van der Waals surface area contributed by atoms with Crippen LogP contribution in [0.1, 0.15) is 36.9 Å². The summed E-state index contributed by atoms with van der Waals surface area (Å²) in [6.07, 6.45) is 9.98. The van der Waals surface area contributed by atoms with E-state index >= 15 is 0 Å². The topological polar surface area (TPSA) is 28.2 Å². The Morgan fingerprint density at radius 2 is 2.26 bits per heavy atom. The molecule has 1 saturated carbocycles. The van der Waals surface area contributed by atoms with E-state index in [1.165, 1.54) is 62.0 Å². The van der Waals surface area contributed by atoms with Gasteiger partial charge in [-0.25, -0.2) is 0 Å². The molecule has 0 bridgehead atoms. The number of hydrogen-bond acceptors (Lipinski definition) is 3. The van der Waals surface area contributed by atoms with E-state index < -0.39 is 0 Å². The van der Waals surface area contributed by atoms with Crippen molar-refractivity contribution in [2.45, 2.75) is 38.5 Å². The third-order valence-corrected chi connectivity index (χ3v) is 4.65. The summed E-state index contributed by atoms with van der Waals surface area (Å²) < 4.78 is 0. The van der Waals surface area contributed by atoms with Gasteiger partial charge in [0.25, 0.3) is 0 Å². The molecule has 0 atom stereocenters. The Bertz CT molecular complexity index is 426. The maximum Gasteiger partial charge on any atom is 0.0458 e. The highest BCUT2D eigenvalue weighted by atomic mass is 15.1. The first-order valence-corrected chi connectivity index (χ1v) is 7.75. The Labute approximate surface area is 116 Å². The van der Waals surface area contributed by atoms with Gasteiger partial charge < -0.3 is 10.2 Å². The van der Waals surface area contributed by atoms with Gasteiger partial charge >= 0.3 is 0 Å². The maximum absolute atomic E-state index is 4.69. The SMILES string of the molecule is CNCCN1CCCc2c1ccnc2CC1CCC1. The summed E-state index contributed by atoms with van der Waals surface area (Å²) in [5.74, 6) is 0.909. The molecular weight excluding hydrogens is 234 g/mol. The number of nitrogens with zero attached hydrogens (tertiary/aromatic N) is 2. The van der Waals surface area contributed by atoms with Crippen LogP contribution < -0.4 is 10.2 Å². The summed E-state index contributed by atoms with van der Waals surface area (Å²) >= 11 is 0. The minimum absolute atomic E-state index is 0.909. The summed E-state index contributed by atoms with van der Waals surface area (Å²) in [4.78, 5) is 7.22. The number of fused-ring (bicyclic) bond motifs is 1. The molecule has 3 rings (SSSR count). The van der Waals surface area contributed by atoms with Crippen molar-refractivity contribution in [3.8, 4) is 0 Å². The molecule has 1 fully saturated rings. The van der Waals surface area contributed by atoms with Crippen LogP contribution in [0.3, 0.4) is 0 Å². The average molecular weight is 259 g/mol. The Kier molecular flexibility index (Phi) is 4.02. The fourth-order valence-corrected chi connectivity index (χ4v) is 3.29. The zero-order valence-electron chi connectivity index (χ0n) is 12.0. The molecule has 0 radical (unpaired) electrons. The predicted octanol–water partition coefficient (Wildman–Crippen LogP) is 2.40. The lowest BCUT2D eigenvalue weighted by molar-refractivity contribution is 0.311. The van der Waals surface area contributed by atoms with Gasteiger partial charge in [0.15, 0.2) is 0 Å². The third kappa shape index (κ3) is 2.76. The highest BCUT2D eigenvalue weighted by molar-refractivity contribution is 5.56. The maximum atomic E-state index is 4.69. The molecule has 0 aromatic carbocycles. The van der Waals surface area contributed by atoms with Crippen LogP contribution in [0, 0.1) is 5.92 Å².